The van der Waals surface area contributed by atoms with Crippen LogP contribution in [-0.2, 0) is 11.3 Å². The van der Waals surface area contributed by atoms with Gasteiger partial charge in [0.15, 0.2) is 0 Å². The Kier molecular flexibility index (Phi) is 4.66. The Morgan fingerprint density at radius 1 is 1.30 bits per heavy atom. The third-order valence-corrected chi connectivity index (χ3v) is 4.62. The molecule has 1 fully saturated rings. The van der Waals surface area contributed by atoms with E-state index < -0.39 is 4.92 Å². The molecule has 3 rings (SSSR count). The molecule has 1 amide bonds. The summed E-state index contributed by atoms with van der Waals surface area (Å²) in [5, 5.41) is 10.6. The zero-order valence-corrected chi connectivity index (χ0v) is 13.2. The Morgan fingerprint density at radius 3 is 2.61 bits per heavy atom. The van der Waals surface area contributed by atoms with E-state index in [0.717, 1.165) is 23.5 Å². The molecule has 0 radical (unpaired) electrons. The molecule has 1 saturated carbocycles. The maximum absolute atomic E-state index is 12.5. The monoisotopic (exact) mass is 332 g/mol. The molecular formula is C16H16N2O4S. The molecule has 2 aromatic rings. The number of hydrogen-bond donors (Lipinski definition) is 0. The van der Waals surface area contributed by atoms with Crippen LogP contribution in [0.15, 0.2) is 52.0 Å². The fourth-order valence-corrected chi connectivity index (χ4v) is 3.05. The zero-order valence-electron chi connectivity index (χ0n) is 12.4. The van der Waals surface area contributed by atoms with Gasteiger partial charge in [0, 0.05) is 23.1 Å². The molecule has 0 N–H and O–H groups in total. The van der Waals surface area contributed by atoms with E-state index >= 15 is 0 Å². The fraction of sp³-hybridized carbons (Fsp3) is 0.312. The minimum atomic E-state index is -0.433. The summed E-state index contributed by atoms with van der Waals surface area (Å²) in [5.74, 6) is 1.16. The van der Waals surface area contributed by atoms with Crippen molar-refractivity contribution in [3.05, 3.63) is 58.5 Å². The Balaban J connectivity index is 1.57. The van der Waals surface area contributed by atoms with E-state index in [2.05, 4.69) is 0 Å². The maximum atomic E-state index is 12.5. The number of thioether (sulfide) groups is 1. The van der Waals surface area contributed by atoms with Gasteiger partial charge in [-0.1, -0.05) is 0 Å². The molecule has 0 saturated heterocycles. The number of nitrogens with zero attached hydrogens (tertiary/aromatic N) is 2. The van der Waals surface area contributed by atoms with Crippen molar-refractivity contribution in [1.29, 1.82) is 0 Å². The van der Waals surface area contributed by atoms with Gasteiger partial charge in [-0.25, -0.2) is 0 Å². The Hall–Kier alpha value is -2.28. The average Bonchev–Trinajstić information content (AvgIpc) is 3.26. The van der Waals surface area contributed by atoms with E-state index in [1.807, 2.05) is 17.0 Å². The molecule has 1 aromatic heterocycles. The molecule has 0 atom stereocenters. The third-order valence-electron chi connectivity index (χ3n) is 3.62. The maximum Gasteiger partial charge on any atom is 0.269 e. The highest BCUT2D eigenvalue weighted by Crippen LogP contribution is 2.30. The first-order chi connectivity index (χ1) is 11.1. The van der Waals surface area contributed by atoms with Crippen LogP contribution >= 0.6 is 11.8 Å². The highest BCUT2D eigenvalue weighted by molar-refractivity contribution is 8.00. The predicted molar refractivity (Wildman–Crippen MR) is 86.1 cm³/mol. The summed E-state index contributed by atoms with van der Waals surface area (Å²) >= 11 is 1.39. The molecule has 120 valence electrons. The van der Waals surface area contributed by atoms with E-state index in [1.54, 1.807) is 18.4 Å². The van der Waals surface area contributed by atoms with Crippen LogP contribution in [-0.4, -0.2) is 27.5 Å². The summed E-state index contributed by atoms with van der Waals surface area (Å²) in [4.78, 5) is 25.4. The fourth-order valence-electron chi connectivity index (χ4n) is 2.27. The Morgan fingerprint density at radius 2 is 2.04 bits per heavy atom. The van der Waals surface area contributed by atoms with Crippen molar-refractivity contribution in [3.8, 4) is 0 Å². The number of carbonyl (C=O) groups is 1. The van der Waals surface area contributed by atoms with Crippen LogP contribution in [0.25, 0.3) is 0 Å². The molecule has 1 aliphatic carbocycles. The number of non-ortho nitro benzene ring substituents is 1. The summed E-state index contributed by atoms with van der Waals surface area (Å²) in [6.45, 7) is 0.497. The quantitative estimate of drug-likeness (QED) is 0.441. The van der Waals surface area contributed by atoms with E-state index in [1.165, 1.54) is 23.9 Å². The van der Waals surface area contributed by atoms with Gasteiger partial charge in [0.25, 0.3) is 5.69 Å². The highest BCUT2D eigenvalue weighted by atomic mass is 32.2. The molecule has 6 nitrogen and oxygen atoms in total. The Bertz CT molecular complexity index is 681. The zero-order chi connectivity index (χ0) is 16.2. The summed E-state index contributed by atoms with van der Waals surface area (Å²) in [5.41, 5.74) is 0.0538. The highest BCUT2D eigenvalue weighted by Gasteiger charge is 2.32. The molecule has 0 spiro atoms. The number of nitro groups is 1. The number of nitro benzene ring substituents is 1. The second-order valence-electron chi connectivity index (χ2n) is 5.37. The van der Waals surface area contributed by atoms with Crippen molar-refractivity contribution in [1.82, 2.24) is 4.90 Å². The normalized spacial score (nSPS) is 13.7. The molecule has 7 heteroatoms. The van der Waals surface area contributed by atoms with Crippen molar-refractivity contribution in [2.75, 3.05) is 5.75 Å². The average molecular weight is 332 g/mol. The molecule has 1 aliphatic rings. The van der Waals surface area contributed by atoms with Crippen LogP contribution in [0.5, 0.6) is 0 Å². The van der Waals surface area contributed by atoms with Gasteiger partial charge in [0.1, 0.15) is 5.76 Å². The van der Waals surface area contributed by atoms with Gasteiger partial charge in [-0.05, 0) is 37.1 Å². The smallest absolute Gasteiger partial charge is 0.269 e. The number of furan rings is 1. The lowest BCUT2D eigenvalue weighted by molar-refractivity contribution is -0.384. The van der Waals surface area contributed by atoms with Crippen LogP contribution in [0.2, 0.25) is 0 Å². The Labute approximate surface area is 137 Å². The van der Waals surface area contributed by atoms with Crippen LogP contribution in [0.1, 0.15) is 18.6 Å². The molecule has 0 aliphatic heterocycles. The van der Waals surface area contributed by atoms with Gasteiger partial charge in [-0.15, -0.1) is 11.8 Å². The number of benzene rings is 1. The van der Waals surface area contributed by atoms with Crippen LogP contribution in [0.4, 0.5) is 5.69 Å². The van der Waals surface area contributed by atoms with E-state index in [0.29, 0.717) is 18.3 Å². The molecule has 0 bridgehead atoms. The van der Waals surface area contributed by atoms with Crippen molar-refractivity contribution < 1.29 is 14.1 Å². The first-order valence-electron chi connectivity index (χ1n) is 7.32. The van der Waals surface area contributed by atoms with Crippen molar-refractivity contribution in [2.24, 2.45) is 0 Å². The number of hydrogen-bond acceptors (Lipinski definition) is 5. The number of amides is 1. The van der Waals surface area contributed by atoms with Crippen LogP contribution in [0, 0.1) is 10.1 Å². The SMILES string of the molecule is O=C(CSc1ccc([N+](=O)[O-])cc1)N(Cc1ccco1)C1CC1. The lowest BCUT2D eigenvalue weighted by Gasteiger charge is -2.21. The second-order valence-corrected chi connectivity index (χ2v) is 6.42. The lowest BCUT2D eigenvalue weighted by Crippen LogP contribution is -2.33. The summed E-state index contributed by atoms with van der Waals surface area (Å²) in [6.07, 6.45) is 3.68. The summed E-state index contributed by atoms with van der Waals surface area (Å²) in [6, 6.07) is 10.2. The largest absolute Gasteiger partial charge is 0.467 e. The van der Waals surface area contributed by atoms with E-state index in [9.17, 15) is 14.9 Å². The number of rotatable bonds is 7. The second kappa shape index (κ2) is 6.87. The van der Waals surface area contributed by atoms with Crippen molar-refractivity contribution >= 4 is 23.4 Å². The standard InChI is InChI=1S/C16H16N2O4S/c19-16(11-23-15-7-5-13(6-8-15)18(20)21)17(12-3-4-12)10-14-2-1-9-22-14/h1-2,5-9,12H,3-4,10-11H2. The van der Waals surface area contributed by atoms with Crippen LogP contribution < -0.4 is 0 Å². The molecule has 23 heavy (non-hydrogen) atoms. The predicted octanol–water partition coefficient (Wildman–Crippen LogP) is 3.47. The van der Waals surface area contributed by atoms with Crippen molar-refractivity contribution in [2.45, 2.75) is 30.3 Å². The van der Waals surface area contributed by atoms with E-state index in [-0.39, 0.29) is 11.6 Å². The summed E-state index contributed by atoms with van der Waals surface area (Å²) in [7, 11) is 0. The van der Waals surface area contributed by atoms with Gasteiger partial charge in [-0.2, -0.15) is 0 Å². The molecule has 1 aromatic carbocycles. The van der Waals surface area contributed by atoms with Crippen LogP contribution in [0.3, 0.4) is 0 Å². The lowest BCUT2D eigenvalue weighted by atomic mass is 10.3. The number of carbonyl (C=O) groups excluding carboxylic acids is 1. The first kappa shape index (κ1) is 15.6. The van der Waals surface area contributed by atoms with E-state index in [4.69, 9.17) is 4.42 Å². The third kappa shape index (κ3) is 4.13. The first-order valence-corrected chi connectivity index (χ1v) is 8.31. The molecular weight excluding hydrogens is 316 g/mol. The minimum absolute atomic E-state index is 0.0538. The van der Waals surface area contributed by atoms with Gasteiger partial charge in [0.2, 0.25) is 5.91 Å². The van der Waals surface area contributed by atoms with Crippen molar-refractivity contribution in [3.63, 3.8) is 0 Å². The van der Waals surface area contributed by atoms with Gasteiger partial charge >= 0.3 is 0 Å². The summed E-state index contributed by atoms with van der Waals surface area (Å²) < 4.78 is 5.33. The minimum Gasteiger partial charge on any atom is -0.467 e. The van der Waals surface area contributed by atoms with Gasteiger partial charge in [0.05, 0.1) is 23.5 Å². The molecule has 0 unspecified atom stereocenters. The topological polar surface area (TPSA) is 76.6 Å². The molecule has 1 heterocycles. The van der Waals surface area contributed by atoms with Gasteiger partial charge in [-0.3, -0.25) is 14.9 Å². The van der Waals surface area contributed by atoms with Gasteiger partial charge < -0.3 is 9.32 Å².